The van der Waals surface area contributed by atoms with Crippen molar-refractivity contribution < 1.29 is 18.7 Å². The van der Waals surface area contributed by atoms with Crippen molar-refractivity contribution in [2.24, 2.45) is 0 Å². The van der Waals surface area contributed by atoms with Gasteiger partial charge in [-0.3, -0.25) is 9.36 Å². The Morgan fingerprint density at radius 1 is 1.34 bits per heavy atom. The molecule has 0 radical (unpaired) electrons. The third-order valence-electron chi connectivity index (χ3n) is 4.27. The van der Waals surface area contributed by atoms with Crippen LogP contribution in [0.3, 0.4) is 0 Å². The molecule has 0 bridgehead atoms. The van der Waals surface area contributed by atoms with Gasteiger partial charge in [-0.05, 0) is 18.2 Å². The van der Waals surface area contributed by atoms with Crippen molar-refractivity contribution in [1.29, 1.82) is 0 Å². The summed E-state index contributed by atoms with van der Waals surface area (Å²) < 4.78 is 11.2. The van der Waals surface area contributed by atoms with E-state index in [1.807, 2.05) is 0 Å². The number of amides is 1. The van der Waals surface area contributed by atoms with Gasteiger partial charge in [-0.1, -0.05) is 12.1 Å². The van der Waals surface area contributed by atoms with Gasteiger partial charge in [0.2, 0.25) is 5.91 Å². The molecule has 0 aliphatic heterocycles. The Bertz CT molecular complexity index is 1250. The summed E-state index contributed by atoms with van der Waals surface area (Å²) >= 11 is 1.26. The van der Waals surface area contributed by atoms with Crippen molar-refractivity contribution in [3.8, 4) is 11.3 Å². The van der Waals surface area contributed by atoms with Gasteiger partial charge in [0.15, 0.2) is 10.7 Å². The van der Waals surface area contributed by atoms with Crippen molar-refractivity contribution in [2.45, 2.75) is 13.0 Å². The number of oxazole rings is 1. The number of H-pyrrole nitrogens is 1. The van der Waals surface area contributed by atoms with E-state index in [9.17, 15) is 14.4 Å². The molecule has 9 nitrogen and oxygen atoms in total. The van der Waals surface area contributed by atoms with Gasteiger partial charge in [0.1, 0.15) is 5.69 Å². The number of para-hydroxylation sites is 2. The lowest BCUT2D eigenvalue weighted by Crippen LogP contribution is -2.19. The van der Waals surface area contributed by atoms with Crippen molar-refractivity contribution >= 4 is 39.4 Å². The number of hydrogen-bond acceptors (Lipinski definition) is 7. The maximum Gasteiger partial charge on any atom is 0.419 e. The first kappa shape index (κ1) is 18.7. The fraction of sp³-hybridized carbons (Fsp3) is 0.158. The van der Waals surface area contributed by atoms with Crippen LogP contribution >= 0.6 is 11.3 Å². The maximum atomic E-state index is 12.3. The topological polar surface area (TPSA) is 119 Å². The van der Waals surface area contributed by atoms with E-state index >= 15 is 0 Å². The third-order valence-corrected chi connectivity index (χ3v) is 5.03. The Labute approximate surface area is 167 Å². The number of nitrogens with zero attached hydrogens (tertiary/aromatic N) is 2. The summed E-state index contributed by atoms with van der Waals surface area (Å²) in [5, 5.41) is 4.92. The predicted octanol–water partition coefficient (Wildman–Crippen LogP) is 2.86. The highest BCUT2D eigenvalue weighted by Gasteiger charge is 2.14. The smallest absolute Gasteiger partial charge is 0.419 e. The van der Waals surface area contributed by atoms with E-state index in [0.29, 0.717) is 33.2 Å². The molecule has 0 aliphatic carbocycles. The number of hydrogen-bond donors (Lipinski definition) is 2. The molecule has 0 saturated heterocycles. The number of ether oxygens (including phenoxy) is 1. The highest BCUT2D eigenvalue weighted by molar-refractivity contribution is 7.14. The van der Waals surface area contributed by atoms with E-state index in [2.05, 4.69) is 20.0 Å². The number of carbonyl (C=O) groups excluding carboxylic acids is 2. The number of aromatic amines is 1. The van der Waals surface area contributed by atoms with Crippen molar-refractivity contribution in [1.82, 2.24) is 14.5 Å². The summed E-state index contributed by atoms with van der Waals surface area (Å²) in [6, 6.07) is 8.68. The number of thiazole rings is 1. The fourth-order valence-corrected chi connectivity index (χ4v) is 3.59. The second-order valence-electron chi connectivity index (χ2n) is 6.12. The maximum absolute atomic E-state index is 12.3. The Hall–Kier alpha value is -3.66. The summed E-state index contributed by atoms with van der Waals surface area (Å²) in [6.45, 7) is 0.195. The molecule has 3 heterocycles. The van der Waals surface area contributed by atoms with E-state index in [4.69, 9.17) is 4.42 Å². The van der Waals surface area contributed by atoms with E-state index in [0.717, 1.165) is 0 Å². The predicted molar refractivity (Wildman–Crippen MR) is 107 cm³/mol. The van der Waals surface area contributed by atoms with Crippen molar-refractivity contribution in [2.75, 3.05) is 12.4 Å². The summed E-state index contributed by atoms with van der Waals surface area (Å²) in [5.74, 6) is -1.24. The molecule has 0 atom stereocenters. The van der Waals surface area contributed by atoms with Crippen LogP contribution in [0.15, 0.2) is 51.1 Å². The van der Waals surface area contributed by atoms with Crippen LogP contribution in [-0.4, -0.2) is 33.5 Å². The monoisotopic (exact) mass is 412 g/mol. The van der Waals surface area contributed by atoms with Gasteiger partial charge >= 0.3 is 11.7 Å². The summed E-state index contributed by atoms with van der Waals surface area (Å²) in [7, 11) is 1.31. The SMILES string of the molecule is COC(=O)c1cc(-c2csc(NC(=O)CCn3c(=O)oc4ccccc43)n2)c[nH]1. The molecule has 29 heavy (non-hydrogen) atoms. The van der Waals surface area contributed by atoms with Gasteiger partial charge in [0.25, 0.3) is 0 Å². The molecule has 4 rings (SSSR count). The zero-order valence-electron chi connectivity index (χ0n) is 15.3. The second kappa shape index (κ2) is 7.76. The number of esters is 1. The van der Waals surface area contributed by atoms with Gasteiger partial charge in [0.05, 0.1) is 18.3 Å². The summed E-state index contributed by atoms with van der Waals surface area (Å²) in [5.41, 5.74) is 2.78. The Morgan fingerprint density at radius 2 is 2.17 bits per heavy atom. The molecule has 10 heteroatoms. The van der Waals surface area contributed by atoms with E-state index in [-0.39, 0.29) is 18.9 Å². The minimum atomic E-state index is -0.496. The number of aryl methyl sites for hydroxylation is 1. The first-order valence-electron chi connectivity index (χ1n) is 8.66. The first-order valence-corrected chi connectivity index (χ1v) is 9.54. The number of anilines is 1. The van der Waals surface area contributed by atoms with E-state index in [1.165, 1.54) is 23.0 Å². The van der Waals surface area contributed by atoms with Gasteiger partial charge in [-0.15, -0.1) is 11.3 Å². The quantitative estimate of drug-likeness (QED) is 0.470. The molecule has 2 N–H and O–H groups in total. The molecule has 0 fully saturated rings. The Kier molecular flexibility index (Phi) is 5.00. The van der Waals surface area contributed by atoms with Crippen LogP contribution in [0.1, 0.15) is 16.9 Å². The lowest BCUT2D eigenvalue weighted by atomic mass is 10.2. The van der Waals surface area contributed by atoms with E-state index in [1.54, 1.807) is 41.9 Å². The zero-order chi connectivity index (χ0) is 20.4. The molecule has 148 valence electrons. The summed E-state index contributed by atoms with van der Waals surface area (Å²) in [6.07, 6.45) is 1.73. The molecular formula is C19H16N4O5S. The number of carbonyl (C=O) groups is 2. The normalized spacial score (nSPS) is 10.9. The minimum Gasteiger partial charge on any atom is -0.464 e. The lowest BCUT2D eigenvalue weighted by molar-refractivity contribution is -0.116. The van der Waals surface area contributed by atoms with Crippen LogP contribution < -0.4 is 11.1 Å². The van der Waals surface area contributed by atoms with Crippen molar-refractivity contribution in [3.63, 3.8) is 0 Å². The molecule has 1 amide bonds. The largest absolute Gasteiger partial charge is 0.464 e. The Morgan fingerprint density at radius 3 is 3.00 bits per heavy atom. The summed E-state index contributed by atoms with van der Waals surface area (Å²) in [4.78, 5) is 42.9. The van der Waals surface area contributed by atoms with Crippen LogP contribution in [0, 0.1) is 0 Å². The highest BCUT2D eigenvalue weighted by atomic mass is 32.1. The average molecular weight is 412 g/mol. The van der Waals surface area contributed by atoms with Gasteiger partial charge in [-0.2, -0.15) is 0 Å². The second-order valence-corrected chi connectivity index (χ2v) is 6.98. The average Bonchev–Trinajstić information content (AvgIpc) is 3.44. The molecule has 0 saturated carbocycles. The number of aromatic nitrogens is 3. The van der Waals surface area contributed by atoms with Crippen molar-refractivity contribution in [3.05, 3.63) is 58.2 Å². The van der Waals surface area contributed by atoms with Crippen LogP contribution in [-0.2, 0) is 16.1 Å². The zero-order valence-corrected chi connectivity index (χ0v) is 16.1. The molecule has 3 aromatic heterocycles. The van der Waals surface area contributed by atoms with Crippen LogP contribution in [0.4, 0.5) is 5.13 Å². The first-order chi connectivity index (χ1) is 14.0. The number of fused-ring (bicyclic) bond motifs is 1. The van der Waals surface area contributed by atoms with Crippen LogP contribution in [0.5, 0.6) is 0 Å². The molecular weight excluding hydrogens is 396 g/mol. The molecule has 0 spiro atoms. The van der Waals surface area contributed by atoms with Gasteiger partial charge in [-0.25, -0.2) is 14.6 Å². The number of nitrogens with one attached hydrogen (secondary N) is 2. The van der Waals surface area contributed by atoms with Crippen LogP contribution in [0.25, 0.3) is 22.4 Å². The molecule has 0 unspecified atom stereocenters. The van der Waals surface area contributed by atoms with E-state index < -0.39 is 11.7 Å². The highest BCUT2D eigenvalue weighted by Crippen LogP contribution is 2.25. The molecule has 1 aromatic carbocycles. The number of benzene rings is 1. The lowest BCUT2D eigenvalue weighted by Gasteiger charge is -2.03. The minimum absolute atomic E-state index is 0.0923. The standard InChI is InChI=1S/C19H16N4O5S/c1-27-17(25)12-8-11(9-20-12)13-10-29-18(21-13)22-16(24)6-7-23-14-4-2-3-5-15(14)28-19(23)26/h2-5,8-10,20H,6-7H2,1H3,(H,21,22,24). The molecule has 0 aliphatic rings. The number of methoxy groups -OCH3 is 1. The number of rotatable bonds is 6. The molecule has 4 aromatic rings. The fourth-order valence-electron chi connectivity index (χ4n) is 2.85. The third kappa shape index (κ3) is 3.83. The Balaban J connectivity index is 1.40. The van der Waals surface area contributed by atoms with Crippen LogP contribution in [0.2, 0.25) is 0 Å². The van der Waals surface area contributed by atoms with Gasteiger partial charge in [0, 0.05) is 30.1 Å². The van der Waals surface area contributed by atoms with Gasteiger partial charge < -0.3 is 19.5 Å².